The SMILES string of the molecule is NCC1(C2(c3cc(Br)cs3)COC2)COC1. The number of rotatable bonds is 3. The van der Waals surface area contributed by atoms with Crippen LogP contribution in [-0.4, -0.2) is 33.0 Å². The molecule has 0 aromatic carbocycles. The maximum Gasteiger partial charge on any atom is 0.0627 e. The first-order valence-corrected chi connectivity index (χ1v) is 7.00. The van der Waals surface area contributed by atoms with Crippen molar-refractivity contribution in [3.05, 3.63) is 20.8 Å². The van der Waals surface area contributed by atoms with E-state index in [1.807, 2.05) is 0 Å². The van der Waals surface area contributed by atoms with Crippen molar-refractivity contribution in [1.29, 1.82) is 0 Å². The summed E-state index contributed by atoms with van der Waals surface area (Å²) in [4.78, 5) is 1.37. The van der Waals surface area contributed by atoms with Crippen LogP contribution < -0.4 is 5.73 Å². The van der Waals surface area contributed by atoms with Crippen LogP contribution in [0.15, 0.2) is 15.9 Å². The van der Waals surface area contributed by atoms with Gasteiger partial charge in [0.1, 0.15) is 0 Å². The molecule has 16 heavy (non-hydrogen) atoms. The minimum absolute atomic E-state index is 0.0928. The van der Waals surface area contributed by atoms with Gasteiger partial charge in [0.15, 0.2) is 0 Å². The molecule has 0 radical (unpaired) electrons. The zero-order valence-electron chi connectivity index (χ0n) is 8.87. The molecule has 2 fully saturated rings. The Labute approximate surface area is 107 Å². The van der Waals surface area contributed by atoms with Gasteiger partial charge in [-0.05, 0) is 22.0 Å². The van der Waals surface area contributed by atoms with Crippen molar-refractivity contribution in [3.63, 3.8) is 0 Å². The second-order valence-electron chi connectivity index (χ2n) is 4.68. The molecule has 1 aromatic heterocycles. The van der Waals surface area contributed by atoms with Gasteiger partial charge in [0.2, 0.25) is 0 Å². The lowest BCUT2D eigenvalue weighted by Gasteiger charge is -2.58. The van der Waals surface area contributed by atoms with E-state index in [2.05, 4.69) is 27.4 Å². The van der Waals surface area contributed by atoms with Crippen LogP contribution >= 0.6 is 27.3 Å². The van der Waals surface area contributed by atoms with E-state index in [-0.39, 0.29) is 10.8 Å². The standard InChI is InChI=1S/C11H14BrNO2S/c12-8-1-9(16-2-8)11(6-15-7-11)10(3-13)4-14-5-10/h1-2H,3-7,13H2. The van der Waals surface area contributed by atoms with Gasteiger partial charge in [0, 0.05) is 26.7 Å². The predicted octanol–water partition coefficient (Wildman–Crippen LogP) is 1.75. The average molecular weight is 304 g/mol. The summed E-state index contributed by atoms with van der Waals surface area (Å²) in [6.07, 6.45) is 0. The summed E-state index contributed by atoms with van der Waals surface area (Å²) in [7, 11) is 0. The molecule has 3 nitrogen and oxygen atoms in total. The molecule has 2 N–H and O–H groups in total. The van der Waals surface area contributed by atoms with Gasteiger partial charge in [0.25, 0.3) is 0 Å². The fourth-order valence-corrected chi connectivity index (χ4v) is 4.24. The van der Waals surface area contributed by atoms with Crippen LogP contribution in [0.4, 0.5) is 0 Å². The van der Waals surface area contributed by atoms with Crippen LogP contribution in [0.25, 0.3) is 0 Å². The highest BCUT2D eigenvalue weighted by atomic mass is 79.9. The maximum atomic E-state index is 5.97. The van der Waals surface area contributed by atoms with Crippen molar-refractivity contribution in [3.8, 4) is 0 Å². The van der Waals surface area contributed by atoms with Crippen LogP contribution in [0.3, 0.4) is 0 Å². The van der Waals surface area contributed by atoms with Gasteiger partial charge in [-0.15, -0.1) is 11.3 Å². The van der Waals surface area contributed by atoms with Crippen molar-refractivity contribution < 1.29 is 9.47 Å². The number of nitrogens with two attached hydrogens (primary N) is 1. The number of halogens is 1. The predicted molar refractivity (Wildman–Crippen MR) is 66.8 cm³/mol. The van der Waals surface area contributed by atoms with E-state index in [1.165, 1.54) is 4.88 Å². The van der Waals surface area contributed by atoms with Gasteiger partial charge in [-0.1, -0.05) is 0 Å². The van der Waals surface area contributed by atoms with Crippen molar-refractivity contribution in [2.24, 2.45) is 11.1 Å². The fraction of sp³-hybridized carbons (Fsp3) is 0.636. The molecule has 3 rings (SSSR count). The molecule has 3 heterocycles. The Bertz CT molecular complexity index is 393. The third-order valence-corrected chi connectivity index (χ3v) is 5.79. The van der Waals surface area contributed by atoms with Crippen molar-refractivity contribution >= 4 is 27.3 Å². The highest BCUT2D eigenvalue weighted by molar-refractivity contribution is 9.10. The molecule has 0 amide bonds. The second kappa shape index (κ2) is 3.78. The molecule has 5 heteroatoms. The summed E-state index contributed by atoms with van der Waals surface area (Å²) in [5.74, 6) is 0. The highest BCUT2D eigenvalue weighted by Gasteiger charge is 2.61. The topological polar surface area (TPSA) is 44.5 Å². The quantitative estimate of drug-likeness (QED) is 0.925. The van der Waals surface area contributed by atoms with Gasteiger partial charge in [-0.2, -0.15) is 0 Å². The Morgan fingerprint density at radius 3 is 2.31 bits per heavy atom. The number of ether oxygens (including phenoxy) is 2. The van der Waals surface area contributed by atoms with Crippen LogP contribution in [0.1, 0.15) is 4.88 Å². The third-order valence-electron chi connectivity index (χ3n) is 3.90. The summed E-state index contributed by atoms with van der Waals surface area (Å²) < 4.78 is 12.0. The van der Waals surface area contributed by atoms with E-state index in [0.29, 0.717) is 6.54 Å². The molecule has 2 aliphatic heterocycles. The first-order valence-electron chi connectivity index (χ1n) is 5.33. The largest absolute Gasteiger partial charge is 0.380 e. The number of thiophene rings is 1. The van der Waals surface area contributed by atoms with Gasteiger partial charge in [-0.25, -0.2) is 0 Å². The lowest BCUT2D eigenvalue weighted by atomic mass is 9.59. The smallest absolute Gasteiger partial charge is 0.0627 e. The van der Waals surface area contributed by atoms with Gasteiger partial charge in [-0.3, -0.25) is 0 Å². The van der Waals surface area contributed by atoms with Crippen molar-refractivity contribution in [2.45, 2.75) is 5.41 Å². The van der Waals surface area contributed by atoms with Crippen LogP contribution in [0.5, 0.6) is 0 Å². The summed E-state index contributed by atoms with van der Waals surface area (Å²) in [5.41, 5.74) is 6.15. The highest BCUT2D eigenvalue weighted by Crippen LogP contribution is 2.53. The Hall–Kier alpha value is 0.0600. The fourth-order valence-electron chi connectivity index (χ4n) is 2.52. The summed E-state index contributed by atoms with van der Waals surface area (Å²) >= 11 is 5.30. The summed E-state index contributed by atoms with van der Waals surface area (Å²) in [5, 5.41) is 2.12. The third kappa shape index (κ3) is 1.29. The zero-order valence-corrected chi connectivity index (χ0v) is 11.3. The van der Waals surface area contributed by atoms with Gasteiger partial charge < -0.3 is 15.2 Å². The zero-order chi connectivity index (χ0) is 11.2. The van der Waals surface area contributed by atoms with E-state index in [4.69, 9.17) is 15.2 Å². The average Bonchev–Trinajstić information content (AvgIpc) is 2.55. The molecular formula is C11H14BrNO2S. The number of hydrogen-bond acceptors (Lipinski definition) is 4. The Morgan fingerprint density at radius 1 is 1.31 bits per heavy atom. The lowest BCUT2D eigenvalue weighted by Crippen LogP contribution is -2.69. The molecule has 0 spiro atoms. The molecule has 2 saturated heterocycles. The molecule has 1 aromatic rings. The van der Waals surface area contributed by atoms with E-state index in [0.717, 1.165) is 30.9 Å². The molecule has 0 bridgehead atoms. The maximum absolute atomic E-state index is 5.97. The van der Waals surface area contributed by atoms with E-state index in [1.54, 1.807) is 11.3 Å². The van der Waals surface area contributed by atoms with E-state index in [9.17, 15) is 0 Å². The normalized spacial score (nSPS) is 25.9. The Kier molecular flexibility index (Phi) is 2.64. The molecule has 2 aliphatic rings. The van der Waals surface area contributed by atoms with E-state index < -0.39 is 0 Å². The molecule has 0 aliphatic carbocycles. The molecule has 0 atom stereocenters. The molecular weight excluding hydrogens is 290 g/mol. The van der Waals surface area contributed by atoms with Crippen molar-refractivity contribution in [1.82, 2.24) is 0 Å². The van der Waals surface area contributed by atoms with Crippen LogP contribution in [0, 0.1) is 5.41 Å². The summed E-state index contributed by atoms with van der Waals surface area (Å²) in [6.45, 7) is 3.76. The van der Waals surface area contributed by atoms with Gasteiger partial charge >= 0.3 is 0 Å². The minimum atomic E-state index is 0.0928. The first kappa shape index (κ1) is 11.2. The van der Waals surface area contributed by atoms with E-state index >= 15 is 0 Å². The Morgan fingerprint density at radius 2 is 2.00 bits per heavy atom. The van der Waals surface area contributed by atoms with Crippen LogP contribution in [0.2, 0.25) is 0 Å². The molecule has 0 unspecified atom stereocenters. The molecule has 0 saturated carbocycles. The lowest BCUT2D eigenvalue weighted by molar-refractivity contribution is -0.222. The monoisotopic (exact) mass is 303 g/mol. The van der Waals surface area contributed by atoms with Crippen LogP contribution in [-0.2, 0) is 14.9 Å². The molecule has 88 valence electrons. The van der Waals surface area contributed by atoms with Crippen molar-refractivity contribution in [2.75, 3.05) is 33.0 Å². The summed E-state index contributed by atoms with van der Waals surface area (Å²) in [6, 6.07) is 2.20. The van der Waals surface area contributed by atoms with Gasteiger partial charge in [0.05, 0.1) is 31.8 Å². The second-order valence-corrected chi connectivity index (χ2v) is 6.51. The first-order chi connectivity index (χ1) is 7.72. The Balaban J connectivity index is 1.99. The minimum Gasteiger partial charge on any atom is -0.380 e. The number of hydrogen-bond donors (Lipinski definition) is 1.